The molecule has 1 atom stereocenters. The molecule has 24 heavy (non-hydrogen) atoms. The lowest BCUT2D eigenvalue weighted by Crippen LogP contribution is -2.28. The third-order valence-corrected chi connectivity index (χ3v) is 4.98. The van der Waals surface area contributed by atoms with Crippen LogP contribution in [-0.2, 0) is 15.9 Å². The quantitative estimate of drug-likeness (QED) is 0.513. The zero-order chi connectivity index (χ0) is 17.0. The summed E-state index contributed by atoms with van der Waals surface area (Å²) >= 11 is 0. The van der Waals surface area contributed by atoms with Crippen LogP contribution in [0.3, 0.4) is 0 Å². The van der Waals surface area contributed by atoms with Crippen molar-refractivity contribution in [3.05, 3.63) is 34.2 Å². The number of benzene rings is 1. The first-order valence-corrected chi connectivity index (χ1v) is 10.2. The van der Waals surface area contributed by atoms with Crippen LogP contribution in [-0.4, -0.2) is 25.9 Å². The van der Waals surface area contributed by atoms with Crippen LogP contribution >= 0.6 is 0 Å². The van der Waals surface area contributed by atoms with Gasteiger partial charge in [0.25, 0.3) is 0 Å². The second-order valence-corrected chi connectivity index (χ2v) is 7.10. The molecule has 2 nitrogen and oxygen atoms in total. The van der Waals surface area contributed by atoms with Gasteiger partial charge < -0.3 is 9.47 Å². The molecule has 1 aliphatic heterocycles. The molecule has 1 saturated heterocycles. The maximum atomic E-state index is 5.53. The molecule has 2 aliphatic carbocycles. The molecule has 0 N–H and O–H groups in total. The minimum Gasteiger partial charge on any atom is -0.376 e. The maximum absolute atomic E-state index is 5.53. The first-order chi connectivity index (χ1) is 11.8. The average molecular weight is 333 g/mol. The SMILES string of the molecule is CCCCCCC1COCCO1.CCCCCCc1cc2ccc1=2. The minimum absolute atomic E-state index is 0.385. The Balaban J connectivity index is 0.000000174. The lowest BCUT2D eigenvalue weighted by Gasteiger charge is -2.22. The lowest BCUT2D eigenvalue weighted by atomic mass is 9.95. The predicted molar refractivity (Wildman–Crippen MR) is 101 cm³/mol. The van der Waals surface area contributed by atoms with Gasteiger partial charge in [0.2, 0.25) is 0 Å². The topological polar surface area (TPSA) is 18.5 Å². The Hall–Kier alpha value is -0.860. The van der Waals surface area contributed by atoms with Crippen molar-refractivity contribution in [2.45, 2.75) is 84.2 Å². The Bertz CT molecular complexity index is 531. The van der Waals surface area contributed by atoms with E-state index in [2.05, 4.69) is 32.0 Å². The summed E-state index contributed by atoms with van der Waals surface area (Å²) in [5.74, 6) is 0. The standard InChI is InChI=1S/C12H16.C10H20O2/c1-2-3-4-5-6-10-9-11-7-8-12(10)11;1-2-3-4-5-6-10-9-11-7-8-12-10/h7-9H,2-6H2,1H3;10H,2-9H2,1H3. The summed E-state index contributed by atoms with van der Waals surface area (Å²) in [5, 5.41) is 3.03. The summed E-state index contributed by atoms with van der Waals surface area (Å²) in [6.07, 6.45) is 13.7. The van der Waals surface area contributed by atoms with Gasteiger partial charge in [-0.3, -0.25) is 0 Å². The second-order valence-electron chi connectivity index (χ2n) is 7.10. The third kappa shape index (κ3) is 6.57. The molecule has 0 aromatic rings. The zero-order valence-corrected chi connectivity index (χ0v) is 15.8. The van der Waals surface area contributed by atoms with Crippen LogP contribution in [0.5, 0.6) is 0 Å². The fourth-order valence-corrected chi connectivity index (χ4v) is 3.32. The number of aryl methyl sites for hydroxylation is 1. The van der Waals surface area contributed by atoms with Gasteiger partial charge in [-0.1, -0.05) is 77.0 Å². The summed E-state index contributed by atoms with van der Waals surface area (Å²) < 4.78 is 10.8. The van der Waals surface area contributed by atoms with Crippen molar-refractivity contribution in [3.8, 4) is 0 Å². The molecule has 3 rings (SSSR count). The molecule has 1 unspecified atom stereocenters. The summed E-state index contributed by atoms with van der Waals surface area (Å²) in [6.45, 7) is 6.88. The van der Waals surface area contributed by atoms with Crippen LogP contribution in [0.15, 0.2) is 18.2 Å². The first-order valence-electron chi connectivity index (χ1n) is 10.2. The smallest absolute Gasteiger partial charge is 0.0809 e. The van der Waals surface area contributed by atoms with E-state index < -0.39 is 0 Å². The summed E-state index contributed by atoms with van der Waals surface area (Å²) in [6, 6.07) is 6.77. The van der Waals surface area contributed by atoms with Gasteiger partial charge in [0.15, 0.2) is 0 Å². The highest BCUT2D eigenvalue weighted by Gasteiger charge is 2.12. The van der Waals surface area contributed by atoms with Gasteiger partial charge in [0.1, 0.15) is 0 Å². The van der Waals surface area contributed by atoms with E-state index in [-0.39, 0.29) is 0 Å². The molecular formula is C22H36O2. The van der Waals surface area contributed by atoms with Crippen molar-refractivity contribution in [3.63, 3.8) is 0 Å². The molecule has 136 valence electrons. The van der Waals surface area contributed by atoms with Crippen molar-refractivity contribution in [2.75, 3.05) is 19.8 Å². The van der Waals surface area contributed by atoms with E-state index in [0.29, 0.717) is 6.10 Å². The van der Waals surface area contributed by atoms with Gasteiger partial charge in [0, 0.05) is 0 Å². The second kappa shape index (κ2) is 11.7. The molecule has 2 heteroatoms. The highest BCUT2D eigenvalue weighted by Crippen LogP contribution is 2.18. The number of rotatable bonds is 10. The Morgan fingerprint density at radius 3 is 2.25 bits per heavy atom. The van der Waals surface area contributed by atoms with Gasteiger partial charge in [-0.25, -0.2) is 0 Å². The maximum Gasteiger partial charge on any atom is 0.0809 e. The van der Waals surface area contributed by atoms with Crippen LogP contribution in [0.25, 0.3) is 0 Å². The molecule has 1 heterocycles. The Kier molecular flexibility index (Phi) is 9.45. The molecule has 0 radical (unpaired) electrons. The molecule has 0 bridgehead atoms. The summed E-state index contributed by atoms with van der Waals surface area (Å²) in [5.41, 5.74) is 1.60. The molecule has 0 amide bonds. The fourth-order valence-electron chi connectivity index (χ4n) is 3.32. The minimum atomic E-state index is 0.385. The summed E-state index contributed by atoms with van der Waals surface area (Å²) in [4.78, 5) is 0. The molecule has 3 aliphatic rings. The van der Waals surface area contributed by atoms with Crippen LogP contribution in [0.4, 0.5) is 0 Å². The van der Waals surface area contributed by atoms with Crippen molar-refractivity contribution >= 4 is 0 Å². The van der Waals surface area contributed by atoms with Crippen molar-refractivity contribution in [1.82, 2.24) is 0 Å². The van der Waals surface area contributed by atoms with E-state index in [0.717, 1.165) is 19.8 Å². The van der Waals surface area contributed by atoms with E-state index in [1.165, 1.54) is 69.4 Å². The Labute approximate surface area is 148 Å². The monoisotopic (exact) mass is 332 g/mol. The van der Waals surface area contributed by atoms with Crippen molar-refractivity contribution < 1.29 is 9.47 Å². The third-order valence-electron chi connectivity index (χ3n) is 4.98. The molecule has 1 fully saturated rings. The van der Waals surface area contributed by atoms with Gasteiger partial charge >= 0.3 is 0 Å². The first kappa shape index (κ1) is 19.5. The van der Waals surface area contributed by atoms with Crippen LogP contribution in [0.2, 0.25) is 0 Å². The molecule has 0 spiro atoms. The summed E-state index contributed by atoms with van der Waals surface area (Å²) in [7, 11) is 0. The fraction of sp³-hybridized carbons (Fsp3) is 0.727. The van der Waals surface area contributed by atoms with Crippen LogP contribution in [0, 0.1) is 10.4 Å². The number of hydrogen-bond donors (Lipinski definition) is 0. The van der Waals surface area contributed by atoms with Gasteiger partial charge in [0.05, 0.1) is 25.9 Å². The largest absolute Gasteiger partial charge is 0.376 e. The predicted octanol–water partition coefficient (Wildman–Crippen LogP) is 5.78. The Morgan fingerprint density at radius 1 is 0.917 bits per heavy atom. The lowest BCUT2D eigenvalue weighted by molar-refractivity contribution is -0.0912. The van der Waals surface area contributed by atoms with Crippen molar-refractivity contribution in [2.24, 2.45) is 0 Å². The molecule has 0 saturated carbocycles. The van der Waals surface area contributed by atoms with E-state index in [4.69, 9.17) is 9.47 Å². The average Bonchev–Trinajstić information content (AvgIpc) is 2.60. The van der Waals surface area contributed by atoms with Gasteiger partial charge in [-0.05, 0) is 35.3 Å². The number of unbranched alkanes of at least 4 members (excludes halogenated alkanes) is 6. The molecular weight excluding hydrogens is 296 g/mol. The van der Waals surface area contributed by atoms with Crippen molar-refractivity contribution in [1.29, 1.82) is 0 Å². The molecule has 0 aromatic carbocycles. The van der Waals surface area contributed by atoms with E-state index >= 15 is 0 Å². The highest BCUT2D eigenvalue weighted by molar-refractivity contribution is 5.33. The van der Waals surface area contributed by atoms with E-state index in [9.17, 15) is 0 Å². The van der Waals surface area contributed by atoms with Crippen LogP contribution in [0.1, 0.15) is 77.2 Å². The van der Waals surface area contributed by atoms with Gasteiger partial charge in [-0.15, -0.1) is 0 Å². The van der Waals surface area contributed by atoms with Gasteiger partial charge in [-0.2, -0.15) is 0 Å². The highest BCUT2D eigenvalue weighted by atomic mass is 16.6. The van der Waals surface area contributed by atoms with Crippen LogP contribution < -0.4 is 0 Å². The normalized spacial score (nSPS) is 18.0. The number of hydrogen-bond acceptors (Lipinski definition) is 2. The molecule has 0 aromatic heterocycles. The van der Waals surface area contributed by atoms with E-state index in [1.54, 1.807) is 10.8 Å². The van der Waals surface area contributed by atoms with E-state index in [1.807, 2.05) is 0 Å². The zero-order valence-electron chi connectivity index (χ0n) is 15.8. The Morgan fingerprint density at radius 2 is 1.71 bits per heavy atom. The number of ether oxygens (including phenoxy) is 2.